The molecule has 0 fully saturated rings. The van der Waals surface area contributed by atoms with Crippen molar-refractivity contribution in [1.29, 1.82) is 0 Å². The van der Waals surface area contributed by atoms with Gasteiger partial charge in [-0.05, 0) is 50.5 Å². The molecule has 8 heteroatoms. The fourth-order valence-electron chi connectivity index (χ4n) is 3.04. The molecule has 1 unspecified atom stereocenters. The predicted molar refractivity (Wildman–Crippen MR) is 145 cm³/mol. The Bertz CT molecular complexity index is 875. The summed E-state index contributed by atoms with van der Waals surface area (Å²) in [7, 11) is 3.46. The molecule has 0 saturated carbocycles. The lowest BCUT2D eigenvalue weighted by Crippen LogP contribution is -2.40. The maximum Gasteiger partial charge on any atom is 0.243 e. The minimum Gasteiger partial charge on any atom is -0.490 e. The van der Waals surface area contributed by atoms with Crippen LogP contribution < -0.4 is 20.1 Å². The van der Waals surface area contributed by atoms with Gasteiger partial charge in [-0.3, -0.25) is 4.79 Å². The number of guanidine groups is 1. The summed E-state index contributed by atoms with van der Waals surface area (Å²) in [6.45, 7) is 7.87. The summed E-state index contributed by atoms with van der Waals surface area (Å²) >= 11 is 0. The first-order valence-electron chi connectivity index (χ1n) is 11.1. The van der Waals surface area contributed by atoms with Crippen molar-refractivity contribution in [3.63, 3.8) is 0 Å². The van der Waals surface area contributed by atoms with Crippen LogP contribution in [0.2, 0.25) is 0 Å². The van der Waals surface area contributed by atoms with Crippen LogP contribution in [0.3, 0.4) is 0 Å². The van der Waals surface area contributed by atoms with E-state index in [1.807, 2.05) is 57.2 Å². The van der Waals surface area contributed by atoms with E-state index in [0.29, 0.717) is 25.7 Å². The lowest BCUT2D eigenvalue weighted by atomic mass is 10.1. The third kappa shape index (κ3) is 9.89. The van der Waals surface area contributed by atoms with Crippen LogP contribution in [0.25, 0.3) is 0 Å². The molecule has 0 aliphatic heterocycles. The van der Waals surface area contributed by atoms with Gasteiger partial charge >= 0.3 is 0 Å². The van der Waals surface area contributed by atoms with Gasteiger partial charge in [0.25, 0.3) is 0 Å². The number of carbonyl (C=O) groups is 1. The Morgan fingerprint density at radius 3 is 2.33 bits per heavy atom. The Morgan fingerprint density at radius 1 is 1.03 bits per heavy atom. The van der Waals surface area contributed by atoms with Crippen molar-refractivity contribution in [2.45, 2.75) is 33.2 Å². The van der Waals surface area contributed by atoms with Crippen LogP contribution in [-0.2, 0) is 11.2 Å². The molecule has 0 saturated heterocycles. The molecule has 7 nitrogen and oxygen atoms in total. The van der Waals surface area contributed by atoms with E-state index >= 15 is 0 Å². The number of amides is 1. The highest BCUT2D eigenvalue weighted by atomic mass is 127. The van der Waals surface area contributed by atoms with Crippen LogP contribution in [-0.4, -0.2) is 57.2 Å². The Morgan fingerprint density at radius 2 is 1.70 bits per heavy atom. The van der Waals surface area contributed by atoms with Gasteiger partial charge in [-0.2, -0.15) is 0 Å². The zero-order chi connectivity index (χ0) is 23.3. The minimum atomic E-state index is -0.0542. The Labute approximate surface area is 215 Å². The monoisotopic (exact) mass is 568 g/mol. The third-order valence-corrected chi connectivity index (χ3v) is 4.84. The fourth-order valence-corrected chi connectivity index (χ4v) is 3.04. The lowest BCUT2D eigenvalue weighted by Gasteiger charge is -2.20. The zero-order valence-corrected chi connectivity index (χ0v) is 22.6. The zero-order valence-electron chi connectivity index (χ0n) is 20.3. The fraction of sp³-hybridized carbons (Fsp3) is 0.440. The first-order chi connectivity index (χ1) is 15.4. The molecule has 0 aromatic heterocycles. The number of likely N-dealkylation sites (N-methyl/N-ethyl adjacent to an activating group) is 1. The van der Waals surface area contributed by atoms with Crippen molar-refractivity contribution in [2.75, 3.05) is 40.4 Å². The predicted octanol–water partition coefficient (Wildman–Crippen LogP) is 4.03. The molecule has 0 heterocycles. The number of hydrogen-bond acceptors (Lipinski definition) is 4. The number of hydrogen-bond donors (Lipinski definition) is 2. The number of carbonyl (C=O) groups excluding carboxylic acids is 1. The Balaban J connectivity index is 0.00000544. The van der Waals surface area contributed by atoms with E-state index in [1.165, 1.54) is 10.5 Å². The van der Waals surface area contributed by atoms with E-state index in [9.17, 15) is 4.79 Å². The molecule has 0 aliphatic carbocycles. The van der Waals surface area contributed by atoms with Gasteiger partial charge in [0.2, 0.25) is 5.91 Å². The first kappa shape index (κ1) is 28.5. The topological polar surface area (TPSA) is 75.2 Å². The molecule has 0 spiro atoms. The highest BCUT2D eigenvalue weighted by Gasteiger charge is 2.13. The van der Waals surface area contributed by atoms with Crippen molar-refractivity contribution >= 4 is 35.8 Å². The largest absolute Gasteiger partial charge is 0.490 e. The van der Waals surface area contributed by atoms with Gasteiger partial charge in [0.05, 0.1) is 19.3 Å². The number of rotatable bonds is 11. The molecular formula is C25H37IN4O3. The second-order valence-electron chi connectivity index (χ2n) is 7.55. The summed E-state index contributed by atoms with van der Waals surface area (Å²) < 4.78 is 11.4. The summed E-state index contributed by atoms with van der Waals surface area (Å²) in [5.74, 6) is 1.99. The molecule has 182 valence electrons. The molecule has 1 atom stereocenters. The first-order valence-corrected chi connectivity index (χ1v) is 11.1. The summed E-state index contributed by atoms with van der Waals surface area (Å²) in [5, 5.41) is 6.75. The summed E-state index contributed by atoms with van der Waals surface area (Å²) in [5.41, 5.74) is 2.28. The molecule has 2 aromatic carbocycles. The van der Waals surface area contributed by atoms with Gasteiger partial charge in [0.1, 0.15) is 6.54 Å². The van der Waals surface area contributed by atoms with Crippen molar-refractivity contribution in [3.8, 4) is 11.5 Å². The lowest BCUT2D eigenvalue weighted by molar-refractivity contribution is -0.127. The maximum absolute atomic E-state index is 12.0. The molecule has 2 N–H and O–H groups in total. The Hall–Kier alpha value is -2.49. The van der Waals surface area contributed by atoms with Crippen molar-refractivity contribution in [1.82, 2.24) is 15.5 Å². The second kappa shape index (κ2) is 15.4. The average Bonchev–Trinajstić information content (AvgIpc) is 2.79. The van der Waals surface area contributed by atoms with Gasteiger partial charge < -0.3 is 25.0 Å². The highest BCUT2D eigenvalue weighted by Crippen LogP contribution is 2.30. The van der Waals surface area contributed by atoms with Gasteiger partial charge in [0, 0.05) is 20.6 Å². The van der Waals surface area contributed by atoms with Crippen LogP contribution in [0.15, 0.2) is 53.5 Å². The van der Waals surface area contributed by atoms with E-state index in [2.05, 4.69) is 27.8 Å². The van der Waals surface area contributed by atoms with E-state index in [4.69, 9.17) is 9.47 Å². The van der Waals surface area contributed by atoms with Crippen LogP contribution >= 0.6 is 24.0 Å². The van der Waals surface area contributed by atoms with Crippen LogP contribution in [0, 0.1) is 0 Å². The van der Waals surface area contributed by atoms with Crippen molar-refractivity contribution < 1.29 is 14.3 Å². The molecule has 0 aliphatic rings. The number of ether oxygens (including phenoxy) is 2. The molecule has 33 heavy (non-hydrogen) atoms. The SMILES string of the molecule is CCOc1ccc(C(C)NC(=NCC(=O)N(C)C)NCCc2ccccc2)cc1OCC.I. The van der Waals surface area contributed by atoms with E-state index < -0.39 is 0 Å². The molecular weight excluding hydrogens is 531 g/mol. The molecule has 0 radical (unpaired) electrons. The standard InChI is InChI=1S/C25H36N4O3.HI/c1-6-31-22-14-13-21(17-23(22)32-7-2)19(3)28-25(27-18-24(30)29(4)5)26-16-15-20-11-9-8-10-12-20;/h8-14,17,19H,6-7,15-16,18H2,1-5H3,(H2,26,27,28);1H. The molecule has 2 aromatic rings. The van der Waals surface area contributed by atoms with Crippen LogP contribution in [0.1, 0.15) is 37.9 Å². The second-order valence-corrected chi connectivity index (χ2v) is 7.55. The number of aliphatic imine (C=N–C) groups is 1. The van der Waals surface area contributed by atoms with E-state index in [1.54, 1.807) is 14.1 Å². The normalized spacial score (nSPS) is 11.7. The van der Waals surface area contributed by atoms with E-state index in [-0.39, 0.29) is 42.5 Å². The van der Waals surface area contributed by atoms with Crippen LogP contribution in [0.4, 0.5) is 0 Å². The molecule has 1 amide bonds. The number of halogens is 1. The number of nitrogens with zero attached hydrogens (tertiary/aromatic N) is 2. The van der Waals surface area contributed by atoms with Gasteiger partial charge in [-0.25, -0.2) is 4.99 Å². The minimum absolute atomic E-state index is 0. The third-order valence-electron chi connectivity index (χ3n) is 4.84. The van der Waals surface area contributed by atoms with Gasteiger partial charge in [0.15, 0.2) is 17.5 Å². The quantitative estimate of drug-likeness (QED) is 0.243. The van der Waals surface area contributed by atoms with Crippen molar-refractivity contribution in [3.05, 3.63) is 59.7 Å². The van der Waals surface area contributed by atoms with Gasteiger partial charge in [-0.1, -0.05) is 36.4 Å². The molecule has 2 rings (SSSR count). The summed E-state index contributed by atoms with van der Waals surface area (Å²) in [6.07, 6.45) is 0.856. The van der Waals surface area contributed by atoms with Crippen LogP contribution in [0.5, 0.6) is 11.5 Å². The summed E-state index contributed by atoms with van der Waals surface area (Å²) in [4.78, 5) is 18.1. The molecule has 0 bridgehead atoms. The highest BCUT2D eigenvalue weighted by molar-refractivity contribution is 14.0. The maximum atomic E-state index is 12.0. The van der Waals surface area contributed by atoms with E-state index in [0.717, 1.165) is 23.5 Å². The number of benzene rings is 2. The number of nitrogens with one attached hydrogen (secondary N) is 2. The van der Waals surface area contributed by atoms with Crippen molar-refractivity contribution in [2.24, 2.45) is 4.99 Å². The van der Waals surface area contributed by atoms with Gasteiger partial charge in [-0.15, -0.1) is 24.0 Å². The average molecular weight is 569 g/mol. The smallest absolute Gasteiger partial charge is 0.243 e. The summed E-state index contributed by atoms with van der Waals surface area (Å²) in [6, 6.07) is 16.1. The Kier molecular flexibility index (Phi) is 13.3.